The summed E-state index contributed by atoms with van der Waals surface area (Å²) in [5, 5.41) is 13.5. The number of hydrogen-bond acceptors (Lipinski definition) is 6. The van der Waals surface area contributed by atoms with E-state index in [4.69, 9.17) is 4.74 Å². The van der Waals surface area contributed by atoms with E-state index in [0.29, 0.717) is 5.56 Å². The summed E-state index contributed by atoms with van der Waals surface area (Å²) >= 11 is 0. The molecule has 1 amide bonds. The lowest BCUT2D eigenvalue weighted by Gasteiger charge is -2.11. The van der Waals surface area contributed by atoms with Crippen molar-refractivity contribution in [1.82, 2.24) is 4.57 Å². The van der Waals surface area contributed by atoms with Crippen molar-refractivity contribution >= 4 is 23.3 Å². The Morgan fingerprint density at radius 2 is 1.80 bits per heavy atom. The van der Waals surface area contributed by atoms with E-state index in [0.717, 1.165) is 0 Å². The van der Waals surface area contributed by atoms with Crippen LogP contribution in [0.1, 0.15) is 26.3 Å². The zero-order valence-electron chi connectivity index (χ0n) is 15.9. The molecule has 3 rings (SSSR count). The van der Waals surface area contributed by atoms with Gasteiger partial charge in [-0.2, -0.15) is 0 Å². The highest BCUT2D eigenvalue weighted by molar-refractivity contribution is 6.07. The summed E-state index contributed by atoms with van der Waals surface area (Å²) in [5.74, 6) is -1.31. The molecule has 9 nitrogen and oxygen atoms in total. The average Bonchev–Trinajstić information content (AvgIpc) is 2.75. The van der Waals surface area contributed by atoms with Crippen molar-refractivity contribution in [3.05, 3.63) is 104 Å². The number of para-hydroxylation sites is 1. The number of ether oxygens (including phenoxy) is 1. The third-order valence-corrected chi connectivity index (χ3v) is 4.32. The van der Waals surface area contributed by atoms with Gasteiger partial charge < -0.3 is 14.6 Å². The number of carbonyl (C=O) groups is 2. The minimum absolute atomic E-state index is 0.0559. The molecule has 0 saturated carbocycles. The maximum absolute atomic E-state index is 12.8. The van der Waals surface area contributed by atoms with Gasteiger partial charge in [0.05, 0.1) is 29.8 Å². The number of hydrogen-bond donors (Lipinski definition) is 1. The lowest BCUT2D eigenvalue weighted by molar-refractivity contribution is -0.384. The smallest absolute Gasteiger partial charge is 0.339 e. The molecule has 0 aliphatic rings. The number of methoxy groups -OCH3 is 1. The fourth-order valence-corrected chi connectivity index (χ4v) is 2.87. The van der Waals surface area contributed by atoms with Crippen molar-refractivity contribution in [1.29, 1.82) is 0 Å². The van der Waals surface area contributed by atoms with Crippen LogP contribution >= 0.6 is 0 Å². The summed E-state index contributed by atoms with van der Waals surface area (Å²) in [5.41, 5.74) is 0.109. The van der Waals surface area contributed by atoms with E-state index in [1.165, 1.54) is 60.3 Å². The number of amides is 1. The summed E-state index contributed by atoms with van der Waals surface area (Å²) in [7, 11) is 1.23. The first-order valence-electron chi connectivity index (χ1n) is 8.82. The summed E-state index contributed by atoms with van der Waals surface area (Å²) < 4.78 is 5.97. The second-order valence-electron chi connectivity index (χ2n) is 6.27. The summed E-state index contributed by atoms with van der Waals surface area (Å²) in [4.78, 5) is 47.7. The van der Waals surface area contributed by atoms with Gasteiger partial charge in [0.25, 0.3) is 17.2 Å². The number of nitro groups is 1. The molecule has 0 aliphatic heterocycles. The molecule has 30 heavy (non-hydrogen) atoms. The number of rotatable bonds is 6. The van der Waals surface area contributed by atoms with Crippen LogP contribution in [0, 0.1) is 10.1 Å². The first-order valence-corrected chi connectivity index (χ1v) is 8.82. The monoisotopic (exact) mass is 407 g/mol. The van der Waals surface area contributed by atoms with Crippen molar-refractivity contribution < 1.29 is 19.2 Å². The van der Waals surface area contributed by atoms with Gasteiger partial charge in [-0.1, -0.05) is 24.3 Å². The van der Waals surface area contributed by atoms with Gasteiger partial charge in [0.15, 0.2) is 0 Å². The molecule has 0 bridgehead atoms. The zero-order chi connectivity index (χ0) is 21.7. The molecule has 152 valence electrons. The first-order chi connectivity index (χ1) is 14.4. The molecule has 0 radical (unpaired) electrons. The third-order valence-electron chi connectivity index (χ3n) is 4.32. The lowest BCUT2D eigenvalue weighted by atomic mass is 10.1. The summed E-state index contributed by atoms with van der Waals surface area (Å²) in [6, 6.07) is 15.1. The number of aromatic nitrogens is 1. The van der Waals surface area contributed by atoms with Crippen molar-refractivity contribution in [2.45, 2.75) is 6.54 Å². The van der Waals surface area contributed by atoms with Gasteiger partial charge in [-0.05, 0) is 29.8 Å². The number of nitro benzene ring substituents is 1. The highest BCUT2D eigenvalue weighted by atomic mass is 16.6. The first kappa shape index (κ1) is 20.5. The lowest BCUT2D eigenvalue weighted by Crippen LogP contribution is -2.29. The third kappa shape index (κ3) is 4.41. The Kier molecular flexibility index (Phi) is 6.02. The molecule has 0 atom stereocenters. The van der Waals surface area contributed by atoms with Crippen LogP contribution in [0.3, 0.4) is 0 Å². The number of nitrogens with one attached hydrogen (secondary N) is 1. The van der Waals surface area contributed by atoms with Gasteiger partial charge in [-0.25, -0.2) is 4.79 Å². The van der Waals surface area contributed by atoms with Crippen molar-refractivity contribution in [3.63, 3.8) is 0 Å². The Bertz CT molecular complexity index is 1190. The fourth-order valence-electron chi connectivity index (χ4n) is 2.87. The standard InChI is InChI=1S/C21H17N3O6/c1-30-21(27)16-8-2-3-10-18(16)22-19(25)17-9-5-11-23(20(17)26)13-14-6-4-7-15(12-14)24(28)29/h2-12H,13H2,1H3,(H,22,25). The predicted molar refractivity (Wildman–Crippen MR) is 109 cm³/mol. The van der Waals surface area contributed by atoms with Gasteiger partial charge in [0, 0.05) is 18.3 Å². The molecule has 1 heterocycles. The number of pyridine rings is 1. The van der Waals surface area contributed by atoms with Crippen molar-refractivity contribution in [3.8, 4) is 0 Å². The zero-order valence-corrected chi connectivity index (χ0v) is 15.9. The molecule has 1 aromatic heterocycles. The van der Waals surface area contributed by atoms with E-state index in [2.05, 4.69) is 5.32 Å². The Morgan fingerprint density at radius 1 is 1.07 bits per heavy atom. The van der Waals surface area contributed by atoms with Gasteiger partial charge in [0.2, 0.25) is 0 Å². The summed E-state index contributed by atoms with van der Waals surface area (Å²) in [6.07, 6.45) is 1.49. The Balaban J connectivity index is 1.88. The number of benzene rings is 2. The topological polar surface area (TPSA) is 121 Å². The van der Waals surface area contributed by atoms with Gasteiger partial charge in [-0.3, -0.25) is 19.7 Å². The number of esters is 1. The van der Waals surface area contributed by atoms with E-state index in [9.17, 15) is 24.5 Å². The van der Waals surface area contributed by atoms with Crippen molar-refractivity contribution in [2.75, 3.05) is 12.4 Å². The maximum Gasteiger partial charge on any atom is 0.339 e. The normalized spacial score (nSPS) is 10.3. The van der Waals surface area contributed by atoms with E-state index >= 15 is 0 Å². The van der Waals surface area contributed by atoms with E-state index < -0.39 is 22.4 Å². The van der Waals surface area contributed by atoms with Crippen LogP contribution < -0.4 is 10.9 Å². The van der Waals surface area contributed by atoms with Gasteiger partial charge >= 0.3 is 5.97 Å². The summed E-state index contributed by atoms with van der Waals surface area (Å²) in [6.45, 7) is 0.0559. The molecule has 0 fully saturated rings. The quantitative estimate of drug-likeness (QED) is 0.381. The van der Waals surface area contributed by atoms with Crippen LogP contribution in [0.4, 0.5) is 11.4 Å². The highest BCUT2D eigenvalue weighted by Gasteiger charge is 2.17. The van der Waals surface area contributed by atoms with E-state index in [1.807, 2.05) is 0 Å². The van der Waals surface area contributed by atoms with Crippen LogP contribution in [0.5, 0.6) is 0 Å². The van der Waals surface area contributed by atoms with Gasteiger partial charge in [0.1, 0.15) is 5.56 Å². The molecule has 1 N–H and O–H groups in total. The van der Waals surface area contributed by atoms with Gasteiger partial charge in [-0.15, -0.1) is 0 Å². The number of anilines is 1. The molecule has 2 aromatic carbocycles. The molecule has 0 unspecified atom stereocenters. The minimum atomic E-state index is -0.690. The Labute approximate surface area is 170 Å². The van der Waals surface area contributed by atoms with Crippen LogP contribution in [0.25, 0.3) is 0 Å². The molecule has 3 aromatic rings. The highest BCUT2D eigenvalue weighted by Crippen LogP contribution is 2.17. The van der Waals surface area contributed by atoms with E-state index in [1.54, 1.807) is 18.2 Å². The minimum Gasteiger partial charge on any atom is -0.465 e. The van der Waals surface area contributed by atoms with Crippen molar-refractivity contribution in [2.24, 2.45) is 0 Å². The second kappa shape index (κ2) is 8.82. The fraction of sp³-hybridized carbons (Fsp3) is 0.0952. The molecular weight excluding hydrogens is 390 g/mol. The van der Waals surface area contributed by atoms with Crippen LogP contribution in [-0.4, -0.2) is 28.5 Å². The number of nitrogens with zero attached hydrogens (tertiary/aromatic N) is 2. The molecule has 0 saturated heterocycles. The number of non-ortho nitro benzene ring substituents is 1. The predicted octanol–water partition coefficient (Wildman–Crippen LogP) is 2.84. The Hall–Kier alpha value is -4.27. The van der Waals surface area contributed by atoms with Crippen LogP contribution in [-0.2, 0) is 11.3 Å². The second-order valence-corrected chi connectivity index (χ2v) is 6.27. The van der Waals surface area contributed by atoms with E-state index in [-0.39, 0.29) is 29.0 Å². The molecular formula is C21H17N3O6. The largest absolute Gasteiger partial charge is 0.465 e. The number of carbonyl (C=O) groups excluding carboxylic acids is 2. The maximum atomic E-state index is 12.8. The Morgan fingerprint density at radius 3 is 2.53 bits per heavy atom. The molecule has 9 heteroatoms. The molecule has 0 spiro atoms. The molecule has 0 aliphatic carbocycles. The van der Waals surface area contributed by atoms with Crippen LogP contribution in [0.15, 0.2) is 71.7 Å². The SMILES string of the molecule is COC(=O)c1ccccc1NC(=O)c1cccn(Cc2cccc([N+](=O)[O-])c2)c1=O. The average molecular weight is 407 g/mol. The van der Waals surface area contributed by atoms with Crippen LogP contribution in [0.2, 0.25) is 0 Å².